The van der Waals surface area contributed by atoms with Gasteiger partial charge in [-0.1, -0.05) is 22.9 Å². The van der Waals surface area contributed by atoms with E-state index in [1.54, 1.807) is 0 Å². The predicted octanol–water partition coefficient (Wildman–Crippen LogP) is 4.13. The average molecular weight is 298 g/mol. The molecule has 1 fully saturated rings. The quantitative estimate of drug-likeness (QED) is 0.881. The lowest BCUT2D eigenvalue weighted by molar-refractivity contribution is 0.483. The molecule has 86 valence electrons. The van der Waals surface area contributed by atoms with Gasteiger partial charge in [0.25, 0.3) is 0 Å². The maximum atomic E-state index is 3.77. The molecule has 0 spiro atoms. The van der Waals surface area contributed by atoms with Gasteiger partial charge in [0, 0.05) is 26.7 Å². The Bertz CT molecular complexity index is 403. The first-order valence-electron chi connectivity index (χ1n) is 5.94. The largest absolute Gasteiger partial charge is 0.307 e. The monoisotopic (exact) mass is 297 g/mol. The van der Waals surface area contributed by atoms with E-state index in [1.807, 2.05) is 11.8 Å². The van der Waals surface area contributed by atoms with E-state index in [1.165, 1.54) is 34.2 Å². The molecule has 1 aromatic rings. The normalized spacial score (nSPS) is 28.9. The Labute approximate surface area is 110 Å². The van der Waals surface area contributed by atoms with Crippen LogP contribution in [0.25, 0.3) is 0 Å². The number of nitrogens with one attached hydrogen (secondary N) is 1. The fraction of sp³-hybridized carbons (Fsp3) is 0.538. The van der Waals surface area contributed by atoms with Crippen molar-refractivity contribution in [2.45, 2.75) is 48.4 Å². The summed E-state index contributed by atoms with van der Waals surface area (Å²) in [4.78, 5) is 1.46. The average Bonchev–Trinajstić information content (AvgIpc) is 3.03. The zero-order valence-corrected chi connectivity index (χ0v) is 11.8. The van der Waals surface area contributed by atoms with Gasteiger partial charge in [-0.25, -0.2) is 0 Å². The van der Waals surface area contributed by atoms with Gasteiger partial charge < -0.3 is 5.32 Å². The number of halogens is 1. The van der Waals surface area contributed by atoms with Gasteiger partial charge in [-0.15, -0.1) is 11.8 Å². The van der Waals surface area contributed by atoms with Gasteiger partial charge in [0.05, 0.1) is 0 Å². The maximum absolute atomic E-state index is 3.77. The van der Waals surface area contributed by atoms with Crippen LogP contribution in [-0.2, 0) is 0 Å². The Morgan fingerprint density at radius 1 is 1.38 bits per heavy atom. The van der Waals surface area contributed by atoms with Crippen molar-refractivity contribution < 1.29 is 0 Å². The molecule has 1 saturated carbocycles. The summed E-state index contributed by atoms with van der Waals surface area (Å²) in [5.41, 5.74) is 1.49. The third kappa shape index (κ3) is 2.31. The Morgan fingerprint density at radius 3 is 2.94 bits per heavy atom. The molecule has 0 bridgehead atoms. The molecule has 16 heavy (non-hydrogen) atoms. The van der Waals surface area contributed by atoms with Crippen molar-refractivity contribution in [3.05, 3.63) is 28.2 Å². The molecule has 2 aliphatic rings. The summed E-state index contributed by atoms with van der Waals surface area (Å²) >= 11 is 5.59. The van der Waals surface area contributed by atoms with Crippen LogP contribution in [0.5, 0.6) is 0 Å². The fourth-order valence-corrected chi connectivity index (χ4v) is 3.90. The summed E-state index contributed by atoms with van der Waals surface area (Å²) in [6, 6.07) is 8.04. The highest BCUT2D eigenvalue weighted by atomic mass is 79.9. The van der Waals surface area contributed by atoms with Crippen molar-refractivity contribution in [3.63, 3.8) is 0 Å². The minimum absolute atomic E-state index is 0.566. The molecule has 2 unspecified atom stereocenters. The highest BCUT2D eigenvalue weighted by Crippen LogP contribution is 2.42. The zero-order chi connectivity index (χ0) is 11.1. The smallest absolute Gasteiger partial charge is 0.0344 e. The highest BCUT2D eigenvalue weighted by molar-refractivity contribution is 9.10. The van der Waals surface area contributed by atoms with E-state index in [4.69, 9.17) is 0 Å². The second kappa shape index (κ2) is 4.35. The van der Waals surface area contributed by atoms with E-state index >= 15 is 0 Å². The van der Waals surface area contributed by atoms with Gasteiger partial charge in [-0.05, 0) is 43.0 Å². The van der Waals surface area contributed by atoms with Crippen LogP contribution in [0.2, 0.25) is 0 Å². The van der Waals surface area contributed by atoms with Crippen LogP contribution in [0, 0.1) is 0 Å². The van der Waals surface area contributed by atoms with E-state index in [9.17, 15) is 0 Å². The van der Waals surface area contributed by atoms with Crippen LogP contribution in [0.4, 0.5) is 0 Å². The summed E-state index contributed by atoms with van der Waals surface area (Å²) in [6.07, 6.45) is 3.98. The summed E-state index contributed by atoms with van der Waals surface area (Å²) in [5.74, 6) is 0. The number of fused-ring (bicyclic) bond motifs is 1. The van der Waals surface area contributed by atoms with Gasteiger partial charge in [0.15, 0.2) is 0 Å². The molecule has 0 amide bonds. The van der Waals surface area contributed by atoms with Crippen molar-refractivity contribution in [2.24, 2.45) is 0 Å². The number of thioether (sulfide) groups is 1. The van der Waals surface area contributed by atoms with Crippen molar-refractivity contribution in [1.82, 2.24) is 5.32 Å². The maximum Gasteiger partial charge on any atom is 0.0344 e. The minimum atomic E-state index is 0.566. The molecule has 0 aromatic heterocycles. The molecule has 1 aliphatic heterocycles. The summed E-state index contributed by atoms with van der Waals surface area (Å²) in [5, 5.41) is 4.50. The molecular weight excluding hydrogens is 282 g/mol. The molecule has 0 saturated heterocycles. The standard InChI is InChI=1S/C13H16BrNS/c1-8-6-12(15-10-3-4-10)11-7-9(14)2-5-13(11)16-8/h2,5,7-8,10,12,15H,3-4,6H2,1H3. The SMILES string of the molecule is CC1CC(NC2CC2)c2cc(Br)ccc2S1. The van der Waals surface area contributed by atoms with Crippen LogP contribution in [0.3, 0.4) is 0 Å². The summed E-state index contributed by atoms with van der Waals surface area (Å²) in [7, 11) is 0. The molecular formula is C13H16BrNS. The first-order chi connectivity index (χ1) is 7.72. The van der Waals surface area contributed by atoms with Crippen LogP contribution >= 0.6 is 27.7 Å². The lowest BCUT2D eigenvalue weighted by Crippen LogP contribution is -2.28. The molecule has 1 aliphatic carbocycles. The Morgan fingerprint density at radius 2 is 2.19 bits per heavy atom. The molecule has 0 radical (unpaired) electrons. The van der Waals surface area contributed by atoms with Crippen LogP contribution in [0.1, 0.15) is 37.8 Å². The fourth-order valence-electron chi connectivity index (χ4n) is 2.32. The minimum Gasteiger partial charge on any atom is -0.307 e. The molecule has 2 atom stereocenters. The summed E-state index contributed by atoms with van der Waals surface area (Å²) < 4.78 is 1.20. The number of benzene rings is 1. The topological polar surface area (TPSA) is 12.0 Å². The van der Waals surface area contributed by atoms with Gasteiger partial charge in [0.2, 0.25) is 0 Å². The first kappa shape index (κ1) is 11.1. The van der Waals surface area contributed by atoms with Crippen molar-refractivity contribution in [2.75, 3.05) is 0 Å². The summed E-state index contributed by atoms with van der Waals surface area (Å²) in [6.45, 7) is 2.33. The molecule has 3 rings (SSSR count). The van der Waals surface area contributed by atoms with Gasteiger partial charge in [0.1, 0.15) is 0 Å². The lowest BCUT2D eigenvalue weighted by atomic mass is 10.0. The lowest BCUT2D eigenvalue weighted by Gasteiger charge is -2.30. The molecule has 1 N–H and O–H groups in total. The van der Waals surface area contributed by atoms with Gasteiger partial charge in [-0.2, -0.15) is 0 Å². The second-order valence-corrected chi connectivity index (χ2v) is 7.24. The number of hydrogen-bond donors (Lipinski definition) is 1. The Kier molecular flexibility index (Phi) is 3.03. The van der Waals surface area contributed by atoms with Crippen LogP contribution < -0.4 is 5.32 Å². The van der Waals surface area contributed by atoms with Crippen molar-refractivity contribution in [1.29, 1.82) is 0 Å². The molecule has 1 aromatic carbocycles. The third-order valence-electron chi connectivity index (χ3n) is 3.26. The molecule has 3 heteroatoms. The Balaban J connectivity index is 1.91. The predicted molar refractivity (Wildman–Crippen MR) is 73.0 cm³/mol. The van der Waals surface area contributed by atoms with Crippen LogP contribution in [0.15, 0.2) is 27.6 Å². The highest BCUT2D eigenvalue weighted by Gasteiger charge is 2.30. The second-order valence-electron chi connectivity index (χ2n) is 4.84. The zero-order valence-electron chi connectivity index (χ0n) is 9.37. The number of hydrogen-bond acceptors (Lipinski definition) is 2. The van der Waals surface area contributed by atoms with Crippen molar-refractivity contribution >= 4 is 27.7 Å². The van der Waals surface area contributed by atoms with E-state index < -0.39 is 0 Å². The van der Waals surface area contributed by atoms with Gasteiger partial charge in [-0.3, -0.25) is 0 Å². The Hall–Kier alpha value is 0.01000. The van der Waals surface area contributed by atoms with E-state index in [0.717, 1.165) is 11.3 Å². The first-order valence-corrected chi connectivity index (χ1v) is 7.62. The third-order valence-corrected chi connectivity index (χ3v) is 4.97. The van der Waals surface area contributed by atoms with E-state index in [2.05, 4.69) is 46.4 Å². The molecule has 1 heterocycles. The number of rotatable bonds is 2. The van der Waals surface area contributed by atoms with E-state index in [-0.39, 0.29) is 0 Å². The van der Waals surface area contributed by atoms with E-state index in [0.29, 0.717) is 6.04 Å². The van der Waals surface area contributed by atoms with Crippen LogP contribution in [-0.4, -0.2) is 11.3 Å². The molecule has 1 nitrogen and oxygen atoms in total. The van der Waals surface area contributed by atoms with Crippen molar-refractivity contribution in [3.8, 4) is 0 Å². The van der Waals surface area contributed by atoms with Gasteiger partial charge >= 0.3 is 0 Å².